The Kier molecular flexibility index (Phi) is 4.54. The smallest absolute Gasteiger partial charge is 0.405 e. The van der Waals surface area contributed by atoms with Gasteiger partial charge in [-0.25, -0.2) is 13.8 Å². The van der Waals surface area contributed by atoms with Gasteiger partial charge in [-0.3, -0.25) is 0 Å². The molecule has 0 radical (unpaired) electrons. The number of ether oxygens (including phenoxy) is 1. The first-order valence-corrected chi connectivity index (χ1v) is 5.36. The maximum absolute atomic E-state index is 12.3. The lowest BCUT2D eigenvalue weighted by Crippen LogP contribution is -2.18. The Bertz CT molecular complexity index is 412. The first kappa shape index (κ1) is 14.4. The number of pyridine rings is 1. The van der Waals surface area contributed by atoms with Gasteiger partial charge < -0.3 is 4.74 Å². The van der Waals surface area contributed by atoms with Crippen LogP contribution in [0.4, 0.5) is 22.0 Å². The summed E-state index contributed by atoms with van der Waals surface area (Å²) in [6.45, 7) is 0. The molecule has 1 aromatic rings. The van der Waals surface area contributed by atoms with Crippen molar-refractivity contribution < 1.29 is 26.7 Å². The van der Waals surface area contributed by atoms with Crippen LogP contribution in [-0.2, 0) is 5.88 Å². The van der Waals surface area contributed by atoms with Crippen LogP contribution >= 0.6 is 27.5 Å². The number of halogens is 7. The Labute approximate surface area is 106 Å². The number of hydrogen-bond acceptors (Lipinski definition) is 2. The molecule has 0 aliphatic carbocycles. The topological polar surface area (TPSA) is 22.1 Å². The molecule has 0 N–H and O–H groups in total. The van der Waals surface area contributed by atoms with Gasteiger partial charge in [0.05, 0.1) is 5.88 Å². The van der Waals surface area contributed by atoms with Crippen molar-refractivity contribution in [2.75, 3.05) is 0 Å². The van der Waals surface area contributed by atoms with Gasteiger partial charge in [0.25, 0.3) is 6.43 Å². The van der Waals surface area contributed by atoms with Gasteiger partial charge in [-0.1, -0.05) is 0 Å². The van der Waals surface area contributed by atoms with Crippen LogP contribution in [0.5, 0.6) is 5.75 Å². The zero-order chi connectivity index (χ0) is 13.2. The van der Waals surface area contributed by atoms with Crippen LogP contribution in [0, 0.1) is 0 Å². The lowest BCUT2D eigenvalue weighted by Gasteiger charge is -2.14. The van der Waals surface area contributed by atoms with Crippen LogP contribution in [0.2, 0.25) is 0 Å². The molecule has 1 heterocycles. The molecule has 2 nitrogen and oxygen atoms in total. The van der Waals surface area contributed by atoms with Crippen LogP contribution in [0.15, 0.2) is 10.7 Å². The SMILES string of the molecule is FC(F)c1cc(OC(F)(F)F)c(CCl)c(Br)n1. The van der Waals surface area contributed by atoms with Crippen LogP contribution in [0.25, 0.3) is 0 Å². The van der Waals surface area contributed by atoms with E-state index in [0.29, 0.717) is 6.07 Å². The monoisotopic (exact) mass is 339 g/mol. The molecule has 0 amide bonds. The van der Waals surface area contributed by atoms with E-state index in [1.165, 1.54) is 0 Å². The highest BCUT2D eigenvalue weighted by Crippen LogP contribution is 2.34. The molecule has 0 aromatic carbocycles. The predicted molar refractivity (Wildman–Crippen MR) is 53.1 cm³/mol. The minimum Gasteiger partial charge on any atom is -0.405 e. The summed E-state index contributed by atoms with van der Waals surface area (Å²) in [5.74, 6) is -1.15. The molecule has 0 saturated heterocycles. The molecule has 0 bridgehead atoms. The second-order valence-electron chi connectivity index (χ2n) is 2.80. The molecule has 0 spiro atoms. The van der Waals surface area contributed by atoms with Crippen molar-refractivity contribution in [2.45, 2.75) is 18.7 Å². The van der Waals surface area contributed by atoms with Crippen molar-refractivity contribution in [3.63, 3.8) is 0 Å². The summed E-state index contributed by atoms with van der Waals surface area (Å²) in [6, 6.07) is 0.515. The first-order valence-electron chi connectivity index (χ1n) is 4.03. The Hall–Kier alpha value is -0.630. The number of aromatic nitrogens is 1. The third kappa shape index (κ3) is 3.95. The summed E-state index contributed by atoms with van der Waals surface area (Å²) in [7, 11) is 0. The van der Waals surface area contributed by atoms with E-state index in [9.17, 15) is 22.0 Å². The molecule has 1 rings (SSSR count). The van der Waals surface area contributed by atoms with E-state index in [1.807, 2.05) is 0 Å². The van der Waals surface area contributed by atoms with Gasteiger partial charge in [0.15, 0.2) is 0 Å². The van der Waals surface area contributed by atoms with E-state index >= 15 is 0 Å². The molecule has 0 saturated carbocycles. The zero-order valence-electron chi connectivity index (χ0n) is 7.86. The second kappa shape index (κ2) is 5.34. The highest BCUT2D eigenvalue weighted by Gasteiger charge is 2.33. The van der Waals surface area contributed by atoms with Crippen LogP contribution < -0.4 is 4.74 Å². The molecule has 17 heavy (non-hydrogen) atoms. The van der Waals surface area contributed by atoms with E-state index in [4.69, 9.17) is 11.6 Å². The summed E-state index contributed by atoms with van der Waals surface area (Å²) in [4.78, 5) is 3.37. The van der Waals surface area contributed by atoms with E-state index < -0.39 is 24.2 Å². The molecule has 9 heteroatoms. The summed E-state index contributed by atoms with van der Waals surface area (Å²) in [5.41, 5.74) is -0.974. The van der Waals surface area contributed by atoms with Gasteiger partial charge in [-0.2, -0.15) is 0 Å². The minimum atomic E-state index is -4.99. The van der Waals surface area contributed by atoms with E-state index in [0.717, 1.165) is 0 Å². The summed E-state index contributed by atoms with van der Waals surface area (Å²) in [5, 5.41) is 0. The Morgan fingerprint density at radius 1 is 1.41 bits per heavy atom. The number of nitrogens with zero attached hydrogens (tertiary/aromatic N) is 1. The minimum absolute atomic E-state index is 0.145. The van der Waals surface area contributed by atoms with Crippen LogP contribution in [0.3, 0.4) is 0 Å². The first-order chi connectivity index (χ1) is 7.74. The highest BCUT2D eigenvalue weighted by molar-refractivity contribution is 9.10. The van der Waals surface area contributed by atoms with Crippen LogP contribution in [0.1, 0.15) is 17.7 Å². The van der Waals surface area contributed by atoms with Crippen molar-refractivity contribution in [3.05, 3.63) is 21.9 Å². The van der Waals surface area contributed by atoms with Gasteiger partial charge in [0.1, 0.15) is 16.0 Å². The quantitative estimate of drug-likeness (QED) is 0.462. The lowest BCUT2D eigenvalue weighted by molar-refractivity contribution is -0.275. The van der Waals surface area contributed by atoms with Gasteiger partial charge in [-0.05, 0) is 15.9 Å². The maximum atomic E-state index is 12.3. The van der Waals surface area contributed by atoms with E-state index in [-0.39, 0.29) is 16.0 Å². The molecule has 0 fully saturated rings. The number of alkyl halides is 6. The Morgan fingerprint density at radius 3 is 2.41 bits per heavy atom. The standard InChI is InChI=1S/C8H4BrClF5NO/c9-6-3(2-10)5(17-8(13,14)15)1-4(16-6)7(11)12/h1,7H,2H2. The Morgan fingerprint density at radius 2 is 2.00 bits per heavy atom. The molecule has 0 aliphatic heterocycles. The van der Waals surface area contributed by atoms with E-state index in [2.05, 4.69) is 25.7 Å². The fraction of sp³-hybridized carbons (Fsp3) is 0.375. The zero-order valence-corrected chi connectivity index (χ0v) is 10.2. The summed E-state index contributed by atoms with van der Waals surface area (Å²) >= 11 is 8.15. The molecular formula is C8H4BrClF5NO. The van der Waals surface area contributed by atoms with Crippen molar-refractivity contribution >= 4 is 27.5 Å². The lowest BCUT2D eigenvalue weighted by atomic mass is 10.2. The third-order valence-electron chi connectivity index (χ3n) is 1.64. The highest BCUT2D eigenvalue weighted by atomic mass is 79.9. The normalized spacial score (nSPS) is 12.0. The van der Waals surface area contributed by atoms with Gasteiger partial charge in [0.2, 0.25) is 0 Å². The van der Waals surface area contributed by atoms with Gasteiger partial charge in [0, 0.05) is 11.6 Å². The third-order valence-corrected chi connectivity index (χ3v) is 2.56. The second-order valence-corrected chi connectivity index (χ2v) is 3.82. The van der Waals surface area contributed by atoms with Gasteiger partial charge in [-0.15, -0.1) is 24.8 Å². The van der Waals surface area contributed by atoms with Crippen LogP contribution in [-0.4, -0.2) is 11.3 Å². The van der Waals surface area contributed by atoms with Gasteiger partial charge >= 0.3 is 6.36 Å². The largest absolute Gasteiger partial charge is 0.573 e. The molecule has 0 atom stereocenters. The summed E-state index contributed by atoms with van der Waals surface area (Å²) in [6.07, 6.45) is -7.99. The average molecular weight is 340 g/mol. The predicted octanol–water partition coefficient (Wildman–Crippen LogP) is 4.42. The van der Waals surface area contributed by atoms with Crippen molar-refractivity contribution in [2.24, 2.45) is 0 Å². The van der Waals surface area contributed by atoms with E-state index in [1.54, 1.807) is 0 Å². The van der Waals surface area contributed by atoms with Crippen molar-refractivity contribution in [3.8, 4) is 5.75 Å². The molecule has 0 aliphatic rings. The number of rotatable bonds is 3. The fourth-order valence-corrected chi connectivity index (χ4v) is 1.94. The van der Waals surface area contributed by atoms with Crippen molar-refractivity contribution in [1.82, 2.24) is 4.98 Å². The molecule has 96 valence electrons. The molecular weight excluding hydrogens is 336 g/mol. The average Bonchev–Trinajstić information content (AvgIpc) is 2.14. The Balaban J connectivity index is 3.24. The molecule has 1 aromatic heterocycles. The summed E-state index contributed by atoms with van der Waals surface area (Å²) < 4.78 is 64.2. The fourth-order valence-electron chi connectivity index (χ4n) is 0.985. The van der Waals surface area contributed by atoms with Crippen molar-refractivity contribution in [1.29, 1.82) is 0 Å². The maximum Gasteiger partial charge on any atom is 0.573 e. The molecule has 0 unspecified atom stereocenters. The number of hydrogen-bond donors (Lipinski definition) is 0.